The first kappa shape index (κ1) is 8.84. The van der Waals surface area contributed by atoms with E-state index in [-0.39, 0.29) is 0 Å². The maximum absolute atomic E-state index is 8.83. The molecule has 0 radical (unpaired) electrons. The van der Waals surface area contributed by atoms with E-state index in [9.17, 15) is 0 Å². The fourth-order valence-electron chi connectivity index (χ4n) is 0.314. The molecule has 0 aromatic carbocycles. The zero-order valence-corrected chi connectivity index (χ0v) is 5.41. The van der Waals surface area contributed by atoms with Crippen LogP contribution in [0.3, 0.4) is 0 Å². The van der Waals surface area contributed by atoms with Gasteiger partial charge < -0.3 is 21.1 Å². The highest BCUT2D eigenvalue weighted by atomic mass is 16.3. The minimum Gasteiger partial charge on any atom is -0.394 e. The van der Waals surface area contributed by atoms with Crippen LogP contribution in [0.15, 0.2) is 0 Å². The highest BCUT2D eigenvalue weighted by Crippen LogP contribution is 2.03. The van der Waals surface area contributed by atoms with Crippen LogP contribution >= 0.6 is 0 Å². The van der Waals surface area contributed by atoms with Crippen LogP contribution in [0, 0.1) is 0 Å². The monoisotopic (exact) mass is 135 g/mol. The van der Waals surface area contributed by atoms with Crippen LogP contribution in [0.4, 0.5) is 0 Å². The second kappa shape index (κ2) is 3.12. The molecule has 0 aliphatic rings. The summed E-state index contributed by atoms with van der Waals surface area (Å²) in [6, 6.07) is 0. The van der Waals surface area contributed by atoms with E-state index in [1.807, 2.05) is 0 Å². The minimum absolute atomic E-state index is 0.416. The molecule has 0 heterocycles. The van der Waals surface area contributed by atoms with Crippen LogP contribution in [0.25, 0.3) is 0 Å². The molecule has 0 saturated carbocycles. The molecule has 0 aliphatic heterocycles. The molecule has 9 heavy (non-hydrogen) atoms. The summed E-state index contributed by atoms with van der Waals surface area (Å²) >= 11 is 0. The molecule has 0 bridgehead atoms. The van der Waals surface area contributed by atoms with Gasteiger partial charge in [-0.1, -0.05) is 0 Å². The molecule has 0 amide bonds. The molecule has 56 valence electrons. The molecule has 0 saturated heterocycles. The first-order valence-electron chi connectivity index (χ1n) is 2.75. The topological polar surface area (TPSA) is 86.7 Å². The second-order valence-corrected chi connectivity index (χ2v) is 2.23. The number of aliphatic hydroxyl groups excluding tert-OH is 3. The summed E-state index contributed by atoms with van der Waals surface area (Å²) in [7, 11) is 0. The normalized spacial score (nSPS) is 15.7. The van der Waals surface area contributed by atoms with Gasteiger partial charge in [0.2, 0.25) is 0 Å². The van der Waals surface area contributed by atoms with Crippen molar-refractivity contribution in [2.45, 2.75) is 18.6 Å². The van der Waals surface area contributed by atoms with Gasteiger partial charge in [-0.25, -0.2) is 0 Å². The fraction of sp³-hybridized carbons (Fsp3) is 1.00. The van der Waals surface area contributed by atoms with Gasteiger partial charge in [-0.3, -0.25) is 0 Å². The summed E-state index contributed by atoms with van der Waals surface area (Å²) in [4.78, 5) is 0. The van der Waals surface area contributed by atoms with Crippen molar-refractivity contribution < 1.29 is 15.3 Å². The number of aliphatic hydroxyl groups is 3. The van der Waals surface area contributed by atoms with Crippen molar-refractivity contribution in [2.24, 2.45) is 5.73 Å². The van der Waals surface area contributed by atoms with Gasteiger partial charge in [-0.2, -0.15) is 0 Å². The van der Waals surface area contributed by atoms with Gasteiger partial charge in [0, 0.05) is 0 Å². The number of rotatable bonds is 3. The van der Waals surface area contributed by atoms with Crippen molar-refractivity contribution in [3.05, 3.63) is 0 Å². The molecule has 1 unspecified atom stereocenters. The Morgan fingerprint density at radius 1 is 1.44 bits per heavy atom. The maximum atomic E-state index is 8.83. The molecule has 1 atom stereocenters. The fourth-order valence-corrected chi connectivity index (χ4v) is 0.314. The molecular formula is C5H13NO3. The SMILES string of the molecule is CC(O)C(N)(CO)CO. The van der Waals surface area contributed by atoms with E-state index in [0.29, 0.717) is 0 Å². The lowest BCUT2D eigenvalue weighted by Crippen LogP contribution is -2.55. The highest BCUT2D eigenvalue weighted by Gasteiger charge is 2.28. The third-order valence-electron chi connectivity index (χ3n) is 1.42. The zero-order chi connectivity index (χ0) is 7.49. The predicted molar refractivity (Wildman–Crippen MR) is 32.8 cm³/mol. The Morgan fingerprint density at radius 3 is 1.78 bits per heavy atom. The second-order valence-electron chi connectivity index (χ2n) is 2.23. The Kier molecular flexibility index (Phi) is 3.07. The summed E-state index contributed by atoms with van der Waals surface area (Å²) in [6.45, 7) is 0.592. The lowest BCUT2D eigenvalue weighted by Gasteiger charge is -2.27. The van der Waals surface area contributed by atoms with Gasteiger partial charge >= 0.3 is 0 Å². The van der Waals surface area contributed by atoms with Crippen LogP contribution < -0.4 is 5.73 Å². The Hall–Kier alpha value is -0.160. The standard InChI is InChI=1S/C5H13NO3/c1-4(9)5(6,2-7)3-8/h4,7-9H,2-3,6H2,1H3. The summed E-state index contributed by atoms with van der Waals surface area (Å²) in [5.74, 6) is 0. The smallest absolute Gasteiger partial charge is 0.0882 e. The first-order valence-corrected chi connectivity index (χ1v) is 2.75. The molecule has 5 N–H and O–H groups in total. The van der Waals surface area contributed by atoms with E-state index in [2.05, 4.69) is 0 Å². The lowest BCUT2D eigenvalue weighted by atomic mass is 9.97. The Bertz CT molecular complexity index is 80.3. The van der Waals surface area contributed by atoms with Crippen molar-refractivity contribution >= 4 is 0 Å². The van der Waals surface area contributed by atoms with E-state index in [1.54, 1.807) is 0 Å². The summed E-state index contributed by atoms with van der Waals surface area (Å²) in [5, 5.41) is 25.8. The Morgan fingerprint density at radius 2 is 1.78 bits per heavy atom. The molecule has 0 spiro atoms. The van der Waals surface area contributed by atoms with Gasteiger partial charge in [0.25, 0.3) is 0 Å². The quantitative estimate of drug-likeness (QED) is 0.362. The van der Waals surface area contributed by atoms with Crippen molar-refractivity contribution in [2.75, 3.05) is 13.2 Å². The van der Waals surface area contributed by atoms with Crippen molar-refractivity contribution in [1.82, 2.24) is 0 Å². The van der Waals surface area contributed by atoms with Crippen LogP contribution in [0.2, 0.25) is 0 Å². The van der Waals surface area contributed by atoms with E-state index in [4.69, 9.17) is 21.1 Å². The Balaban J connectivity index is 3.92. The van der Waals surface area contributed by atoms with Crippen molar-refractivity contribution in [3.63, 3.8) is 0 Å². The molecule has 4 heteroatoms. The maximum Gasteiger partial charge on any atom is 0.0882 e. The molecule has 0 aromatic rings. The van der Waals surface area contributed by atoms with E-state index < -0.39 is 24.9 Å². The van der Waals surface area contributed by atoms with Crippen molar-refractivity contribution in [1.29, 1.82) is 0 Å². The van der Waals surface area contributed by atoms with Crippen LogP contribution in [-0.2, 0) is 0 Å². The van der Waals surface area contributed by atoms with Gasteiger partial charge in [0.1, 0.15) is 0 Å². The molecule has 0 aliphatic carbocycles. The molecule has 0 fully saturated rings. The van der Waals surface area contributed by atoms with Gasteiger partial charge in [-0.15, -0.1) is 0 Å². The van der Waals surface area contributed by atoms with E-state index in [1.165, 1.54) is 6.92 Å². The van der Waals surface area contributed by atoms with Crippen LogP contribution in [0.5, 0.6) is 0 Å². The first-order chi connectivity index (χ1) is 4.06. The average Bonchev–Trinajstić information content (AvgIpc) is 1.86. The Labute approximate surface area is 53.9 Å². The zero-order valence-electron chi connectivity index (χ0n) is 5.41. The van der Waals surface area contributed by atoms with E-state index in [0.717, 1.165) is 0 Å². The average molecular weight is 135 g/mol. The summed E-state index contributed by atoms with van der Waals surface area (Å²) < 4.78 is 0. The van der Waals surface area contributed by atoms with Crippen LogP contribution in [-0.4, -0.2) is 40.2 Å². The number of nitrogens with two attached hydrogens (primary N) is 1. The largest absolute Gasteiger partial charge is 0.394 e. The number of hydrogen-bond acceptors (Lipinski definition) is 4. The predicted octanol–water partition coefficient (Wildman–Crippen LogP) is -1.95. The lowest BCUT2D eigenvalue weighted by molar-refractivity contribution is 0.0181. The van der Waals surface area contributed by atoms with Crippen LogP contribution in [0.1, 0.15) is 6.92 Å². The van der Waals surface area contributed by atoms with Gasteiger partial charge in [-0.05, 0) is 6.92 Å². The van der Waals surface area contributed by atoms with Gasteiger partial charge in [0.15, 0.2) is 0 Å². The molecule has 0 aromatic heterocycles. The summed E-state index contributed by atoms with van der Waals surface area (Å²) in [5.41, 5.74) is 4.04. The third kappa shape index (κ3) is 1.91. The molecule has 4 nitrogen and oxygen atoms in total. The van der Waals surface area contributed by atoms with Gasteiger partial charge in [0.05, 0.1) is 24.9 Å². The highest BCUT2D eigenvalue weighted by molar-refractivity contribution is 4.87. The molecular weight excluding hydrogens is 122 g/mol. The summed E-state index contributed by atoms with van der Waals surface area (Å²) in [6.07, 6.45) is -0.896. The molecule has 0 rings (SSSR count). The third-order valence-corrected chi connectivity index (χ3v) is 1.42. The number of hydrogen-bond donors (Lipinski definition) is 4. The minimum atomic E-state index is -1.25. The van der Waals surface area contributed by atoms with E-state index >= 15 is 0 Å². The van der Waals surface area contributed by atoms with Crippen molar-refractivity contribution in [3.8, 4) is 0 Å².